The molecule has 0 bridgehead atoms. The van der Waals surface area contributed by atoms with Crippen LogP contribution in [0.2, 0.25) is 0 Å². The van der Waals surface area contributed by atoms with E-state index in [9.17, 15) is 4.79 Å². The Morgan fingerprint density at radius 3 is 2.46 bits per heavy atom. The molecule has 1 saturated heterocycles. The number of carbonyl (C=O) groups excluding carboxylic acids is 1. The molecule has 0 atom stereocenters. The van der Waals surface area contributed by atoms with E-state index in [0.717, 1.165) is 43.0 Å². The molecule has 1 fully saturated rings. The van der Waals surface area contributed by atoms with E-state index in [1.54, 1.807) is 12.7 Å². The van der Waals surface area contributed by atoms with Gasteiger partial charge in [0.15, 0.2) is 0 Å². The Kier molecular flexibility index (Phi) is 4.34. The summed E-state index contributed by atoms with van der Waals surface area (Å²) in [6.45, 7) is 1.45. The molecule has 1 aromatic carbocycles. The van der Waals surface area contributed by atoms with E-state index in [-0.39, 0.29) is 17.8 Å². The molecular formula is C17H20N8O. The molecule has 0 aliphatic carbocycles. The first kappa shape index (κ1) is 16.2. The third-order valence-corrected chi connectivity index (χ3v) is 4.76. The summed E-state index contributed by atoms with van der Waals surface area (Å²) in [6, 6.07) is 7.87. The molecule has 4 rings (SSSR count). The van der Waals surface area contributed by atoms with Crippen molar-refractivity contribution in [3.05, 3.63) is 48.3 Å². The first-order chi connectivity index (χ1) is 12.7. The van der Waals surface area contributed by atoms with Crippen molar-refractivity contribution in [2.24, 2.45) is 0 Å². The van der Waals surface area contributed by atoms with Crippen LogP contribution in [0.1, 0.15) is 30.1 Å². The quantitative estimate of drug-likeness (QED) is 0.720. The molecule has 0 saturated carbocycles. The first-order valence-electron chi connectivity index (χ1n) is 8.58. The van der Waals surface area contributed by atoms with Gasteiger partial charge in [-0.15, -0.1) is 15.3 Å². The second-order valence-corrected chi connectivity index (χ2v) is 6.45. The van der Waals surface area contributed by atoms with Crippen molar-refractivity contribution in [2.45, 2.75) is 25.2 Å². The Balaban J connectivity index is 1.32. The van der Waals surface area contributed by atoms with Crippen LogP contribution in [-0.2, 0) is 11.2 Å². The highest BCUT2D eigenvalue weighted by Crippen LogP contribution is 2.26. The van der Waals surface area contributed by atoms with Gasteiger partial charge in [-0.25, -0.2) is 0 Å². The fourth-order valence-electron chi connectivity index (χ4n) is 3.28. The molecule has 134 valence electrons. The van der Waals surface area contributed by atoms with Crippen LogP contribution in [-0.4, -0.2) is 53.8 Å². The number of anilines is 1. The largest absolute Gasteiger partial charge is 0.367 e. The number of piperidine rings is 1. The van der Waals surface area contributed by atoms with Gasteiger partial charge in [0.25, 0.3) is 0 Å². The predicted molar refractivity (Wildman–Crippen MR) is 94.4 cm³/mol. The summed E-state index contributed by atoms with van der Waals surface area (Å²) in [7, 11) is 0. The highest BCUT2D eigenvalue weighted by molar-refractivity contribution is 5.79. The number of hydrogen-bond donors (Lipinski definition) is 2. The molecular weight excluding hydrogens is 332 g/mol. The fraction of sp³-hybridized carbons (Fsp3) is 0.353. The summed E-state index contributed by atoms with van der Waals surface area (Å²) >= 11 is 0. The van der Waals surface area contributed by atoms with Crippen molar-refractivity contribution < 1.29 is 4.79 Å². The number of hydrogen-bond acceptors (Lipinski definition) is 6. The van der Waals surface area contributed by atoms with Crippen LogP contribution in [0.25, 0.3) is 5.69 Å². The van der Waals surface area contributed by atoms with Gasteiger partial charge in [0.05, 0.1) is 6.42 Å². The van der Waals surface area contributed by atoms with E-state index in [1.807, 2.05) is 33.7 Å². The number of rotatable bonds is 4. The van der Waals surface area contributed by atoms with Crippen molar-refractivity contribution in [3.8, 4) is 5.69 Å². The van der Waals surface area contributed by atoms with Crippen LogP contribution in [0.15, 0.2) is 36.9 Å². The highest BCUT2D eigenvalue weighted by Gasteiger charge is 2.25. The molecule has 3 N–H and O–H groups in total. The number of nitrogen functional groups attached to an aromatic ring is 1. The summed E-state index contributed by atoms with van der Waals surface area (Å²) in [6.07, 6.45) is 5.43. The van der Waals surface area contributed by atoms with Gasteiger partial charge in [-0.3, -0.25) is 14.5 Å². The Labute approximate surface area is 150 Å². The van der Waals surface area contributed by atoms with Crippen LogP contribution < -0.4 is 5.73 Å². The van der Waals surface area contributed by atoms with E-state index in [2.05, 4.69) is 25.4 Å². The van der Waals surface area contributed by atoms with Crippen LogP contribution >= 0.6 is 0 Å². The average molecular weight is 352 g/mol. The van der Waals surface area contributed by atoms with Crippen molar-refractivity contribution in [1.82, 2.24) is 34.8 Å². The fourth-order valence-corrected chi connectivity index (χ4v) is 3.28. The number of nitrogens with two attached hydrogens (primary N) is 1. The van der Waals surface area contributed by atoms with E-state index in [1.165, 1.54) is 0 Å². The molecule has 1 aliphatic heterocycles. The minimum Gasteiger partial charge on any atom is -0.367 e. The van der Waals surface area contributed by atoms with Gasteiger partial charge in [0.2, 0.25) is 11.9 Å². The number of nitrogens with one attached hydrogen (secondary N) is 1. The maximum absolute atomic E-state index is 12.6. The maximum atomic E-state index is 12.6. The lowest BCUT2D eigenvalue weighted by Gasteiger charge is -2.31. The van der Waals surface area contributed by atoms with E-state index in [0.29, 0.717) is 6.42 Å². The number of nitrogens with zero attached hydrogens (tertiary/aromatic N) is 6. The van der Waals surface area contributed by atoms with Gasteiger partial charge in [-0.2, -0.15) is 4.98 Å². The van der Waals surface area contributed by atoms with Crippen LogP contribution in [0.5, 0.6) is 0 Å². The lowest BCUT2D eigenvalue weighted by Crippen LogP contribution is -2.39. The molecule has 0 unspecified atom stereocenters. The van der Waals surface area contributed by atoms with E-state index < -0.39 is 0 Å². The maximum Gasteiger partial charge on any atom is 0.239 e. The van der Waals surface area contributed by atoms with Gasteiger partial charge in [0, 0.05) is 24.7 Å². The highest BCUT2D eigenvalue weighted by atomic mass is 16.2. The Morgan fingerprint density at radius 2 is 1.85 bits per heavy atom. The molecule has 2 aromatic heterocycles. The molecule has 0 spiro atoms. The second kappa shape index (κ2) is 6.95. The van der Waals surface area contributed by atoms with Crippen molar-refractivity contribution in [2.75, 3.05) is 18.8 Å². The number of likely N-dealkylation sites (tertiary alicyclic amines) is 1. The van der Waals surface area contributed by atoms with Gasteiger partial charge < -0.3 is 10.6 Å². The third kappa shape index (κ3) is 3.41. The molecule has 3 aromatic rings. The van der Waals surface area contributed by atoms with Crippen molar-refractivity contribution in [1.29, 1.82) is 0 Å². The number of H-pyrrole nitrogens is 1. The lowest BCUT2D eigenvalue weighted by molar-refractivity contribution is -0.131. The van der Waals surface area contributed by atoms with Gasteiger partial charge in [-0.1, -0.05) is 12.1 Å². The molecule has 9 heteroatoms. The standard InChI is InChI=1S/C17H20N8O/c18-17-21-16(22-23-17)13-5-7-24(8-6-13)15(26)9-12-1-3-14(4-2-12)25-10-19-20-11-25/h1-4,10-11,13H,5-9H2,(H3,18,21,22,23). The number of amides is 1. The minimum absolute atomic E-state index is 0.151. The number of aromatic amines is 1. The third-order valence-electron chi connectivity index (χ3n) is 4.76. The zero-order valence-corrected chi connectivity index (χ0v) is 14.2. The second-order valence-electron chi connectivity index (χ2n) is 6.45. The Morgan fingerprint density at radius 1 is 1.15 bits per heavy atom. The minimum atomic E-state index is 0.151. The SMILES string of the molecule is Nc1n[nH]c(C2CCN(C(=O)Cc3ccc(-n4cnnc4)cc3)CC2)n1. The van der Waals surface area contributed by atoms with Crippen molar-refractivity contribution >= 4 is 11.9 Å². The molecule has 9 nitrogen and oxygen atoms in total. The molecule has 26 heavy (non-hydrogen) atoms. The summed E-state index contributed by atoms with van der Waals surface area (Å²) in [5, 5.41) is 14.3. The topological polar surface area (TPSA) is 119 Å². The normalized spacial score (nSPS) is 15.3. The van der Waals surface area contributed by atoms with Crippen LogP contribution in [0.3, 0.4) is 0 Å². The smallest absolute Gasteiger partial charge is 0.239 e. The van der Waals surface area contributed by atoms with Gasteiger partial charge >= 0.3 is 0 Å². The van der Waals surface area contributed by atoms with E-state index in [4.69, 9.17) is 5.73 Å². The molecule has 1 amide bonds. The lowest BCUT2D eigenvalue weighted by atomic mass is 9.95. The Bertz CT molecular complexity index is 863. The molecule has 3 heterocycles. The summed E-state index contributed by atoms with van der Waals surface area (Å²) < 4.78 is 1.83. The first-order valence-corrected chi connectivity index (χ1v) is 8.58. The monoisotopic (exact) mass is 352 g/mol. The van der Waals surface area contributed by atoms with Crippen molar-refractivity contribution in [3.63, 3.8) is 0 Å². The summed E-state index contributed by atoms with van der Waals surface area (Å²) in [5.74, 6) is 1.53. The number of benzene rings is 1. The van der Waals surface area contributed by atoms with Crippen LogP contribution in [0, 0.1) is 0 Å². The van der Waals surface area contributed by atoms with E-state index >= 15 is 0 Å². The Hall–Kier alpha value is -3.23. The van der Waals surface area contributed by atoms with Gasteiger partial charge in [-0.05, 0) is 30.5 Å². The molecule has 0 radical (unpaired) electrons. The summed E-state index contributed by atoms with van der Waals surface area (Å²) in [4.78, 5) is 18.7. The zero-order valence-electron chi connectivity index (χ0n) is 14.2. The van der Waals surface area contributed by atoms with Crippen LogP contribution in [0.4, 0.5) is 5.95 Å². The number of carbonyl (C=O) groups is 1. The molecule has 1 aliphatic rings. The zero-order chi connectivity index (χ0) is 17.9. The summed E-state index contributed by atoms with van der Waals surface area (Å²) in [5.41, 5.74) is 7.53. The predicted octanol–water partition coefficient (Wildman–Crippen LogP) is 0.916. The van der Waals surface area contributed by atoms with Gasteiger partial charge in [0.1, 0.15) is 18.5 Å². The average Bonchev–Trinajstić information content (AvgIpc) is 3.34. The number of aromatic nitrogens is 6.